The fraction of sp³-hybridized carbons (Fsp3) is 0.455. The summed E-state index contributed by atoms with van der Waals surface area (Å²) in [5, 5.41) is 2.35. The highest BCUT2D eigenvalue weighted by atomic mass is 14.8. The second kappa shape index (κ2) is 12.3. The maximum atomic E-state index is 5.26. The molecule has 242 valence electrons. The van der Waals surface area contributed by atoms with Crippen molar-refractivity contribution in [2.24, 2.45) is 11.8 Å². The van der Waals surface area contributed by atoms with E-state index in [4.69, 9.17) is 9.97 Å². The topological polar surface area (TPSA) is 25.8 Å². The molecule has 3 aromatic carbocycles. The van der Waals surface area contributed by atoms with E-state index in [-0.39, 0.29) is 10.8 Å². The van der Waals surface area contributed by atoms with Crippen LogP contribution < -0.4 is 0 Å². The first-order valence-electron chi connectivity index (χ1n) is 17.4. The van der Waals surface area contributed by atoms with Gasteiger partial charge in [-0.15, -0.1) is 0 Å². The molecule has 2 aromatic heterocycles. The van der Waals surface area contributed by atoms with E-state index in [1.165, 1.54) is 55.3 Å². The second-order valence-corrected chi connectivity index (χ2v) is 16.6. The van der Waals surface area contributed by atoms with Crippen LogP contribution in [-0.4, -0.2) is 9.97 Å². The Hall–Kier alpha value is -3.52. The van der Waals surface area contributed by atoms with Crippen molar-refractivity contribution in [2.45, 2.75) is 120 Å². The molecule has 2 nitrogen and oxygen atoms in total. The number of aryl methyl sites for hydroxylation is 2. The van der Waals surface area contributed by atoms with Gasteiger partial charge in [0.25, 0.3) is 0 Å². The number of pyridine rings is 2. The smallest absolute Gasteiger partial charge is 0.0974 e. The van der Waals surface area contributed by atoms with E-state index in [0.29, 0.717) is 23.7 Å². The molecule has 0 aliphatic heterocycles. The SMILES string of the molecule is Cc1cc(-c2c(C(C)C(C)C)cccc2C(C)(C)C)c2ccc3c(-c4c(C(C)C(C)C)cccc4C(C)(C)C)cc(C)nc3c2n1. The van der Waals surface area contributed by atoms with Crippen molar-refractivity contribution in [3.63, 3.8) is 0 Å². The minimum Gasteiger partial charge on any atom is -0.251 e. The molecule has 0 aliphatic rings. The number of benzene rings is 3. The average molecular weight is 613 g/mol. The minimum atomic E-state index is -0.00935. The number of nitrogens with zero attached hydrogens (tertiary/aromatic N) is 2. The molecule has 2 atom stereocenters. The Bertz CT molecular complexity index is 1770. The molecule has 0 bridgehead atoms. The lowest BCUT2D eigenvalue weighted by atomic mass is 9.75. The van der Waals surface area contributed by atoms with Crippen LogP contribution in [0, 0.1) is 25.7 Å². The Kier molecular flexibility index (Phi) is 9.01. The molecule has 0 radical (unpaired) electrons. The Morgan fingerprint density at radius 2 is 0.848 bits per heavy atom. The molecular formula is C44H56N2. The van der Waals surface area contributed by atoms with Gasteiger partial charge in [0.15, 0.2) is 0 Å². The fourth-order valence-electron chi connectivity index (χ4n) is 7.11. The van der Waals surface area contributed by atoms with Crippen molar-refractivity contribution in [1.29, 1.82) is 0 Å². The van der Waals surface area contributed by atoms with Gasteiger partial charge in [-0.1, -0.05) is 132 Å². The summed E-state index contributed by atoms with van der Waals surface area (Å²) in [5.41, 5.74) is 14.9. The van der Waals surface area contributed by atoms with Crippen LogP contribution in [0.3, 0.4) is 0 Å². The first kappa shape index (κ1) is 33.8. The highest BCUT2D eigenvalue weighted by Gasteiger charge is 2.28. The summed E-state index contributed by atoms with van der Waals surface area (Å²) in [7, 11) is 0. The summed E-state index contributed by atoms with van der Waals surface area (Å²) in [4.78, 5) is 10.5. The third-order valence-corrected chi connectivity index (χ3v) is 10.3. The zero-order valence-corrected chi connectivity index (χ0v) is 31.0. The fourth-order valence-corrected chi connectivity index (χ4v) is 7.11. The van der Waals surface area contributed by atoms with Crippen LogP contribution in [0.5, 0.6) is 0 Å². The van der Waals surface area contributed by atoms with E-state index < -0.39 is 0 Å². The highest BCUT2D eigenvalue weighted by Crippen LogP contribution is 2.46. The minimum absolute atomic E-state index is 0.00935. The molecular weight excluding hydrogens is 556 g/mol. The summed E-state index contributed by atoms with van der Waals surface area (Å²) < 4.78 is 0. The Labute approximate surface area is 279 Å². The largest absolute Gasteiger partial charge is 0.251 e. The molecule has 2 heterocycles. The summed E-state index contributed by atoms with van der Waals surface area (Å²) in [6.45, 7) is 32.4. The Balaban J connectivity index is 1.93. The van der Waals surface area contributed by atoms with E-state index in [1.54, 1.807) is 0 Å². The van der Waals surface area contributed by atoms with Gasteiger partial charge in [-0.05, 0) is 105 Å². The molecule has 5 rings (SSSR count). The summed E-state index contributed by atoms with van der Waals surface area (Å²) in [5.74, 6) is 1.90. The van der Waals surface area contributed by atoms with Gasteiger partial charge >= 0.3 is 0 Å². The number of hydrogen-bond donors (Lipinski definition) is 0. The quantitative estimate of drug-likeness (QED) is 0.178. The zero-order valence-electron chi connectivity index (χ0n) is 31.0. The number of aromatic nitrogens is 2. The molecule has 2 unspecified atom stereocenters. The van der Waals surface area contributed by atoms with Gasteiger partial charge in [-0.3, -0.25) is 9.97 Å². The predicted octanol–water partition coefficient (Wildman–Crippen LogP) is 12.8. The molecule has 0 saturated heterocycles. The molecule has 2 heteroatoms. The van der Waals surface area contributed by atoms with Crippen molar-refractivity contribution in [3.8, 4) is 22.3 Å². The number of fused-ring (bicyclic) bond motifs is 3. The van der Waals surface area contributed by atoms with Gasteiger partial charge < -0.3 is 0 Å². The van der Waals surface area contributed by atoms with E-state index in [9.17, 15) is 0 Å². The van der Waals surface area contributed by atoms with Crippen molar-refractivity contribution >= 4 is 21.8 Å². The van der Waals surface area contributed by atoms with Crippen LogP contribution >= 0.6 is 0 Å². The van der Waals surface area contributed by atoms with Crippen LogP contribution in [0.1, 0.15) is 129 Å². The molecule has 0 amide bonds. The Morgan fingerprint density at radius 1 is 0.500 bits per heavy atom. The first-order valence-corrected chi connectivity index (χ1v) is 17.4. The van der Waals surface area contributed by atoms with E-state index >= 15 is 0 Å². The molecule has 0 N–H and O–H groups in total. The lowest BCUT2D eigenvalue weighted by Crippen LogP contribution is -2.16. The second-order valence-electron chi connectivity index (χ2n) is 16.6. The summed E-state index contributed by atoms with van der Waals surface area (Å²) >= 11 is 0. The van der Waals surface area contributed by atoms with Crippen LogP contribution in [-0.2, 0) is 10.8 Å². The van der Waals surface area contributed by atoms with Crippen LogP contribution in [0.4, 0.5) is 0 Å². The molecule has 5 aromatic rings. The van der Waals surface area contributed by atoms with Gasteiger partial charge in [0.05, 0.1) is 11.0 Å². The van der Waals surface area contributed by atoms with Crippen LogP contribution in [0.25, 0.3) is 44.1 Å². The van der Waals surface area contributed by atoms with Crippen molar-refractivity contribution < 1.29 is 0 Å². The third-order valence-electron chi connectivity index (χ3n) is 10.3. The standard InChI is InChI=1S/C44H56N2/c1-25(2)29(7)31-17-15-19-37(43(9,10)11)39(31)35-23-27(5)45-41-33(35)21-22-34-36(24-28(6)46-42(34)41)40-32(30(8)26(3)4)18-16-20-38(40)44(12,13)14/h15-26,29-30H,1-14H3. The first-order chi connectivity index (χ1) is 21.4. The van der Waals surface area contributed by atoms with Gasteiger partial charge in [-0.25, -0.2) is 0 Å². The maximum Gasteiger partial charge on any atom is 0.0974 e. The van der Waals surface area contributed by atoms with E-state index in [0.717, 1.165) is 22.4 Å². The van der Waals surface area contributed by atoms with Crippen LogP contribution in [0.2, 0.25) is 0 Å². The highest BCUT2D eigenvalue weighted by molar-refractivity contribution is 6.13. The van der Waals surface area contributed by atoms with Crippen LogP contribution in [0.15, 0.2) is 60.7 Å². The normalized spacial score (nSPS) is 14.1. The third kappa shape index (κ3) is 6.13. The molecule has 0 fully saturated rings. The summed E-state index contributed by atoms with van der Waals surface area (Å²) in [6.07, 6.45) is 0. The number of hydrogen-bond acceptors (Lipinski definition) is 2. The van der Waals surface area contributed by atoms with Crippen molar-refractivity contribution in [2.75, 3.05) is 0 Å². The molecule has 0 spiro atoms. The average Bonchev–Trinajstić information content (AvgIpc) is 2.97. The van der Waals surface area contributed by atoms with Crippen molar-refractivity contribution in [3.05, 3.63) is 94.3 Å². The van der Waals surface area contributed by atoms with Gasteiger partial charge in [0.1, 0.15) is 0 Å². The lowest BCUT2D eigenvalue weighted by molar-refractivity contribution is 0.532. The van der Waals surface area contributed by atoms with E-state index in [1.807, 2.05) is 0 Å². The molecule has 0 aliphatic carbocycles. The van der Waals surface area contributed by atoms with E-state index in [2.05, 4.69) is 158 Å². The number of rotatable bonds is 6. The van der Waals surface area contributed by atoms with Gasteiger partial charge in [0.2, 0.25) is 0 Å². The maximum absolute atomic E-state index is 5.26. The van der Waals surface area contributed by atoms with Crippen molar-refractivity contribution in [1.82, 2.24) is 9.97 Å². The van der Waals surface area contributed by atoms with Gasteiger partial charge in [-0.2, -0.15) is 0 Å². The Morgan fingerprint density at radius 3 is 1.15 bits per heavy atom. The zero-order chi connectivity index (χ0) is 33.9. The lowest BCUT2D eigenvalue weighted by Gasteiger charge is -2.30. The predicted molar refractivity (Wildman–Crippen MR) is 201 cm³/mol. The van der Waals surface area contributed by atoms with Gasteiger partial charge in [0, 0.05) is 22.2 Å². The summed E-state index contributed by atoms with van der Waals surface area (Å²) in [6, 6.07) is 23.1. The molecule has 0 saturated carbocycles. The molecule has 46 heavy (non-hydrogen) atoms. The monoisotopic (exact) mass is 612 g/mol.